The van der Waals surface area contributed by atoms with Crippen LogP contribution in [-0.4, -0.2) is 125 Å². The fourth-order valence-electron chi connectivity index (χ4n) is 5.99. The van der Waals surface area contributed by atoms with Crippen LogP contribution in [0.3, 0.4) is 0 Å². The molecule has 0 saturated carbocycles. The molecule has 2 fully saturated rings. The van der Waals surface area contributed by atoms with E-state index in [9.17, 15) is 17.7 Å². The summed E-state index contributed by atoms with van der Waals surface area (Å²) in [5.74, 6) is -0.873. The third-order valence-corrected chi connectivity index (χ3v) is 11.0. The first-order valence-electron chi connectivity index (χ1n) is 16.1. The lowest BCUT2D eigenvalue weighted by molar-refractivity contribution is -0.192. The van der Waals surface area contributed by atoms with E-state index in [1.54, 1.807) is 45.1 Å². The van der Waals surface area contributed by atoms with Gasteiger partial charge in [-0.1, -0.05) is 11.6 Å². The molecule has 0 bridgehead atoms. The van der Waals surface area contributed by atoms with Crippen LogP contribution in [0.25, 0.3) is 11.0 Å². The molecule has 14 nitrogen and oxygen atoms in total. The number of nitrogens with zero attached hydrogens (tertiary/aromatic N) is 8. The molecular weight excluding hydrogens is 792 g/mol. The summed E-state index contributed by atoms with van der Waals surface area (Å²) < 4.78 is 51.4. The van der Waals surface area contributed by atoms with Crippen molar-refractivity contribution in [1.29, 1.82) is 0 Å². The Bertz CT molecular complexity index is 1960. The van der Waals surface area contributed by atoms with Crippen molar-refractivity contribution < 1.29 is 32.4 Å². The second-order valence-electron chi connectivity index (χ2n) is 12.6. The number of rotatable bonds is 8. The third-order valence-electron chi connectivity index (χ3n) is 8.57. The number of carboxylic acid groups (broad SMARTS) is 1. The van der Waals surface area contributed by atoms with Gasteiger partial charge >= 0.3 is 12.1 Å². The van der Waals surface area contributed by atoms with Gasteiger partial charge in [-0.2, -0.15) is 23.1 Å². The summed E-state index contributed by atoms with van der Waals surface area (Å²) in [6.45, 7) is 9.69. The molecule has 2 saturated heterocycles. The minimum Gasteiger partial charge on any atom is -0.479 e. The van der Waals surface area contributed by atoms with E-state index in [0.717, 1.165) is 52.1 Å². The highest BCUT2D eigenvalue weighted by Gasteiger charge is 2.38. The molecule has 1 aromatic carbocycles. The maximum atomic E-state index is 13.4. The number of anilines is 5. The first kappa shape index (κ1) is 39.4. The predicted octanol–water partition coefficient (Wildman–Crippen LogP) is 5.82. The number of aliphatic carboxylic acids is 1. The molecule has 52 heavy (non-hydrogen) atoms. The average Bonchev–Trinajstić information content (AvgIpc) is 3.09. The normalized spacial score (nSPS) is 16.3. The monoisotopic (exact) mass is 828 g/mol. The lowest BCUT2D eigenvalue weighted by atomic mass is 10.0. The highest BCUT2D eigenvalue weighted by molar-refractivity contribution is 9.10. The lowest BCUT2D eigenvalue weighted by Gasteiger charge is -2.42. The topological polar surface area (TPSA) is 162 Å². The predicted molar refractivity (Wildman–Crippen MR) is 199 cm³/mol. The molecule has 3 N–H and O–H groups in total. The van der Waals surface area contributed by atoms with E-state index in [-0.39, 0.29) is 0 Å². The average molecular weight is 830 g/mol. The molecule has 0 spiro atoms. The van der Waals surface area contributed by atoms with E-state index in [4.69, 9.17) is 36.2 Å². The number of piperazine rings is 1. The summed E-state index contributed by atoms with van der Waals surface area (Å²) in [5, 5.41) is 14.8. The number of ether oxygens (including phenoxy) is 1. The zero-order valence-electron chi connectivity index (χ0n) is 28.8. The van der Waals surface area contributed by atoms with Crippen molar-refractivity contribution in [3.63, 3.8) is 0 Å². The van der Waals surface area contributed by atoms with Crippen LogP contribution in [0.2, 0.25) is 5.02 Å². The number of aromatic nitrogens is 5. The maximum Gasteiger partial charge on any atom is 0.490 e. The molecule has 0 radical (unpaired) electrons. The van der Waals surface area contributed by atoms with Crippen LogP contribution < -0.4 is 25.6 Å². The number of halogens is 5. The number of likely N-dealkylation sites (N-methyl/N-ethyl adjacent to an activating group) is 1. The SMILES string of the molecule is COc1nc(N2CCC(N3CCN(C)CC3)CC2)c(Cl)cc1Nc1ncc(Br)c(Nc2ccc3nccnc3c2P(C)(C)=O)n1.O=C(O)C(F)(F)F. The number of pyridine rings is 1. The number of carboxylic acids is 1. The Morgan fingerprint density at radius 2 is 1.67 bits per heavy atom. The number of nitrogens with one attached hydrogen (secondary N) is 2. The number of methoxy groups -OCH3 is 1. The van der Waals surface area contributed by atoms with Gasteiger partial charge in [-0.05, 0) is 67.3 Å². The summed E-state index contributed by atoms with van der Waals surface area (Å²) in [6, 6.07) is 6.08. The highest BCUT2D eigenvalue weighted by atomic mass is 79.9. The van der Waals surface area contributed by atoms with Crippen LogP contribution in [-0.2, 0) is 9.36 Å². The first-order valence-corrected chi connectivity index (χ1v) is 19.9. The van der Waals surface area contributed by atoms with Gasteiger partial charge in [-0.25, -0.2) is 9.78 Å². The molecular formula is C32H38BrClF3N10O4P. The van der Waals surface area contributed by atoms with Crippen molar-refractivity contribution in [3.8, 4) is 5.88 Å². The number of benzene rings is 1. The molecule has 4 aromatic rings. The standard InChI is InChI=1S/C30H37BrClN10O2P.C2HF3O2/c1-40-13-15-41(16-14-40)19-7-11-42(12-8-19)28-21(32)17-24(29(39-28)44-2)37-30-35-18-20(31)27(38-30)36-23-6-5-22-25(34-10-9-33-22)26(23)45(3,4)43;3-2(4,5)1(6)7/h5-6,9-10,17-19H,7-8,11-16H2,1-4H3,(H2,35,36,37,38);(H,6,7). The molecule has 0 atom stereocenters. The van der Waals surface area contributed by atoms with Crippen LogP contribution >= 0.6 is 34.7 Å². The zero-order chi connectivity index (χ0) is 37.8. The molecule has 6 rings (SSSR count). The number of hydrogen-bond acceptors (Lipinski definition) is 13. The van der Waals surface area contributed by atoms with Gasteiger partial charge in [0.05, 0.1) is 33.1 Å². The van der Waals surface area contributed by atoms with Gasteiger partial charge in [0, 0.05) is 63.9 Å². The van der Waals surface area contributed by atoms with Gasteiger partial charge in [0.15, 0.2) is 5.82 Å². The first-order chi connectivity index (χ1) is 24.5. The van der Waals surface area contributed by atoms with Gasteiger partial charge in [0.2, 0.25) is 11.8 Å². The number of fused-ring (bicyclic) bond motifs is 1. The van der Waals surface area contributed by atoms with Crippen LogP contribution in [0.1, 0.15) is 12.8 Å². The Morgan fingerprint density at radius 1 is 1.02 bits per heavy atom. The summed E-state index contributed by atoms with van der Waals surface area (Å²) in [4.78, 5) is 38.9. The van der Waals surface area contributed by atoms with E-state index in [2.05, 4.69) is 63.3 Å². The van der Waals surface area contributed by atoms with Gasteiger partial charge in [-0.15, -0.1) is 0 Å². The molecule has 2 aliphatic rings. The van der Waals surface area contributed by atoms with Gasteiger partial charge in [0.25, 0.3) is 0 Å². The van der Waals surface area contributed by atoms with E-state index >= 15 is 0 Å². The molecule has 20 heteroatoms. The van der Waals surface area contributed by atoms with Crippen LogP contribution in [0, 0.1) is 0 Å². The van der Waals surface area contributed by atoms with Gasteiger partial charge in [0.1, 0.15) is 24.2 Å². The minimum atomic E-state index is -5.08. The molecule has 2 aliphatic heterocycles. The Hall–Kier alpha value is -3.83. The zero-order valence-corrected chi connectivity index (χ0v) is 32.0. The number of carbonyl (C=O) groups is 1. The largest absolute Gasteiger partial charge is 0.490 e. The van der Waals surface area contributed by atoms with Crippen LogP contribution in [0.15, 0.2) is 41.3 Å². The molecule has 280 valence electrons. The van der Waals surface area contributed by atoms with E-state index in [0.29, 0.717) is 66.7 Å². The second-order valence-corrected chi connectivity index (χ2v) is 17.0. The smallest absolute Gasteiger partial charge is 0.479 e. The Balaban J connectivity index is 0.000000679. The fourth-order valence-corrected chi connectivity index (χ4v) is 7.94. The minimum absolute atomic E-state index is 0.302. The third kappa shape index (κ3) is 9.58. The Labute approximate surface area is 311 Å². The van der Waals surface area contributed by atoms with Crippen molar-refractivity contribution in [1.82, 2.24) is 34.7 Å². The van der Waals surface area contributed by atoms with E-state index in [1.165, 1.54) is 0 Å². The number of hydrogen-bond donors (Lipinski definition) is 3. The molecule has 5 heterocycles. The number of piperidine rings is 1. The molecule has 0 amide bonds. The van der Waals surface area contributed by atoms with Crippen molar-refractivity contribution in [3.05, 3.63) is 46.3 Å². The summed E-state index contributed by atoms with van der Waals surface area (Å²) in [6.07, 6.45) is 1.92. The van der Waals surface area contributed by atoms with Crippen molar-refractivity contribution in [2.24, 2.45) is 0 Å². The van der Waals surface area contributed by atoms with Gasteiger partial charge in [-0.3, -0.25) is 14.9 Å². The van der Waals surface area contributed by atoms with Crippen molar-refractivity contribution in [2.75, 3.05) is 82.3 Å². The Morgan fingerprint density at radius 3 is 2.29 bits per heavy atom. The second kappa shape index (κ2) is 16.5. The van der Waals surface area contributed by atoms with E-state index in [1.807, 2.05) is 12.1 Å². The molecule has 3 aromatic heterocycles. The summed E-state index contributed by atoms with van der Waals surface area (Å²) in [5.41, 5.74) is 2.43. The van der Waals surface area contributed by atoms with E-state index < -0.39 is 19.3 Å². The van der Waals surface area contributed by atoms with Crippen molar-refractivity contribution >= 4 is 85.9 Å². The van der Waals surface area contributed by atoms with Crippen molar-refractivity contribution in [2.45, 2.75) is 25.1 Å². The van der Waals surface area contributed by atoms with Crippen LogP contribution in [0.5, 0.6) is 5.88 Å². The highest BCUT2D eigenvalue weighted by Crippen LogP contribution is 2.41. The number of alkyl halides is 3. The quantitative estimate of drug-likeness (QED) is 0.182. The fraction of sp³-hybridized carbons (Fsp3) is 0.438. The van der Waals surface area contributed by atoms with Crippen LogP contribution in [0.4, 0.5) is 42.1 Å². The maximum absolute atomic E-state index is 13.4. The Kier molecular flexibility index (Phi) is 12.5. The molecule has 0 aliphatic carbocycles. The summed E-state index contributed by atoms with van der Waals surface area (Å²) >= 11 is 10.4. The molecule has 0 unspecified atom stereocenters. The lowest BCUT2D eigenvalue weighted by Crippen LogP contribution is -2.52. The van der Waals surface area contributed by atoms with Gasteiger partial charge < -0.3 is 34.8 Å². The summed E-state index contributed by atoms with van der Waals surface area (Å²) in [7, 11) is 1.02.